The average molecular weight is 471 g/mol. The Morgan fingerprint density at radius 1 is 0.800 bits per heavy atom. The summed E-state index contributed by atoms with van der Waals surface area (Å²) in [6.45, 7) is 2.25. The van der Waals surface area contributed by atoms with Crippen molar-refractivity contribution in [3.8, 4) is 5.75 Å². The van der Waals surface area contributed by atoms with E-state index in [4.69, 9.17) is 19.4 Å². The van der Waals surface area contributed by atoms with Crippen LogP contribution in [0.2, 0.25) is 0 Å². The normalized spacial score (nSPS) is 12.4. The second kappa shape index (κ2) is 20.3. The molecule has 0 radical (unpaired) electrons. The molecule has 0 bridgehead atoms. The van der Waals surface area contributed by atoms with Gasteiger partial charge in [-0.05, 0) is 18.6 Å². The standard InChI is InChI=1S/C22H39O6P.K.H/c1-2-3-4-5-6-7-8-9-10-11-12-13-17-20-22(27-28-29(23,24)25)26-21-18-15-14-16-19-21;;/h14-16,18-19,22H,2-13,17,20H2,1H3,(H2,23,24,25);;. The van der Waals surface area contributed by atoms with Crippen LogP contribution < -0.4 is 4.74 Å². The van der Waals surface area contributed by atoms with Crippen LogP contribution in [0.3, 0.4) is 0 Å². The second-order valence-electron chi connectivity index (χ2n) is 7.55. The number of rotatable bonds is 19. The molecular weight excluding hydrogens is 430 g/mol. The Hall–Kier alpha value is 0.726. The zero-order chi connectivity index (χ0) is 21.2. The molecule has 1 rings (SSSR count). The van der Waals surface area contributed by atoms with Gasteiger partial charge < -0.3 is 14.5 Å². The Kier molecular flexibility index (Phi) is 20.8. The number of hydrogen-bond donors (Lipinski definition) is 2. The van der Waals surface area contributed by atoms with Gasteiger partial charge in [-0.1, -0.05) is 102 Å². The summed E-state index contributed by atoms with van der Waals surface area (Å²) < 4.78 is 20.7. The zero-order valence-corrected chi connectivity index (χ0v) is 18.7. The van der Waals surface area contributed by atoms with Gasteiger partial charge in [0.05, 0.1) is 0 Å². The van der Waals surface area contributed by atoms with E-state index in [1.807, 2.05) is 18.2 Å². The molecule has 1 aromatic rings. The molecule has 0 saturated carbocycles. The first-order valence-electron chi connectivity index (χ1n) is 11.1. The second-order valence-corrected chi connectivity index (χ2v) is 8.68. The van der Waals surface area contributed by atoms with Crippen molar-refractivity contribution in [2.45, 2.75) is 103 Å². The van der Waals surface area contributed by atoms with E-state index in [1.165, 1.54) is 64.2 Å². The molecule has 0 aromatic heterocycles. The van der Waals surface area contributed by atoms with Gasteiger partial charge in [0.1, 0.15) is 5.75 Å². The van der Waals surface area contributed by atoms with E-state index in [0.717, 1.165) is 19.3 Å². The number of unbranched alkanes of at least 4 members (excludes halogenated alkanes) is 12. The van der Waals surface area contributed by atoms with Crippen LogP contribution in [0.25, 0.3) is 0 Å². The zero-order valence-electron chi connectivity index (χ0n) is 17.8. The van der Waals surface area contributed by atoms with Crippen LogP contribution in [0.15, 0.2) is 30.3 Å². The maximum absolute atomic E-state index is 10.9. The van der Waals surface area contributed by atoms with Gasteiger partial charge in [-0.15, -0.1) is 4.67 Å². The molecule has 170 valence electrons. The van der Waals surface area contributed by atoms with E-state index in [-0.39, 0.29) is 51.4 Å². The quantitative estimate of drug-likeness (QED) is 0.0619. The predicted molar refractivity (Wildman–Crippen MR) is 123 cm³/mol. The third-order valence-corrected chi connectivity index (χ3v) is 5.08. The Morgan fingerprint density at radius 2 is 1.27 bits per heavy atom. The SMILES string of the molecule is CCCCCCCCCCCCCCCC(OOP(=O)(O)O)Oc1ccccc1.[KH]. The molecule has 1 unspecified atom stereocenters. The van der Waals surface area contributed by atoms with Crippen molar-refractivity contribution in [1.29, 1.82) is 0 Å². The van der Waals surface area contributed by atoms with Crippen LogP contribution in [0.5, 0.6) is 5.75 Å². The van der Waals surface area contributed by atoms with Crippen LogP contribution in [0.4, 0.5) is 0 Å². The van der Waals surface area contributed by atoms with Crippen LogP contribution >= 0.6 is 7.82 Å². The van der Waals surface area contributed by atoms with Crippen LogP contribution in [0, 0.1) is 0 Å². The summed E-state index contributed by atoms with van der Waals surface area (Å²) in [7, 11) is -4.70. The summed E-state index contributed by atoms with van der Waals surface area (Å²) >= 11 is 0. The van der Waals surface area contributed by atoms with Crippen LogP contribution in [-0.4, -0.2) is 67.5 Å². The van der Waals surface area contributed by atoms with E-state index >= 15 is 0 Å². The van der Waals surface area contributed by atoms with Crippen molar-refractivity contribution in [3.05, 3.63) is 30.3 Å². The van der Waals surface area contributed by atoms with Gasteiger partial charge in [-0.3, -0.25) is 0 Å². The number of hydrogen-bond acceptors (Lipinski definition) is 4. The van der Waals surface area contributed by atoms with Gasteiger partial charge in [-0.25, -0.2) is 4.57 Å². The van der Waals surface area contributed by atoms with Crippen molar-refractivity contribution in [2.75, 3.05) is 0 Å². The molecule has 0 saturated heterocycles. The Morgan fingerprint density at radius 3 is 1.73 bits per heavy atom. The molecule has 1 aromatic carbocycles. The summed E-state index contributed by atoms with van der Waals surface area (Å²) in [4.78, 5) is 22.5. The summed E-state index contributed by atoms with van der Waals surface area (Å²) in [5.41, 5.74) is 0. The summed E-state index contributed by atoms with van der Waals surface area (Å²) in [5, 5.41) is 0. The fourth-order valence-corrected chi connectivity index (χ4v) is 3.42. The first-order chi connectivity index (χ1) is 14.0. The topological polar surface area (TPSA) is 85.2 Å². The molecular formula is C22H40KO6P. The monoisotopic (exact) mass is 470 g/mol. The number of benzene rings is 1. The van der Waals surface area contributed by atoms with E-state index in [0.29, 0.717) is 12.2 Å². The van der Waals surface area contributed by atoms with Crippen molar-refractivity contribution in [1.82, 2.24) is 0 Å². The number of para-hydroxylation sites is 1. The minimum absolute atomic E-state index is 0. The molecule has 0 fully saturated rings. The third-order valence-electron chi connectivity index (χ3n) is 4.80. The molecule has 6 nitrogen and oxygen atoms in total. The van der Waals surface area contributed by atoms with E-state index in [1.54, 1.807) is 12.1 Å². The molecule has 0 amide bonds. The molecule has 30 heavy (non-hydrogen) atoms. The van der Waals surface area contributed by atoms with E-state index in [2.05, 4.69) is 11.6 Å². The fourth-order valence-electron chi connectivity index (χ4n) is 3.21. The van der Waals surface area contributed by atoms with Gasteiger partial charge >= 0.3 is 59.2 Å². The number of phosphoric acid groups is 1. The minimum atomic E-state index is -4.70. The van der Waals surface area contributed by atoms with Crippen molar-refractivity contribution < 1.29 is 28.7 Å². The first kappa shape index (κ1) is 30.7. The molecule has 0 aliphatic heterocycles. The van der Waals surface area contributed by atoms with Gasteiger partial charge in [-0.2, -0.15) is 4.89 Å². The molecule has 1 atom stereocenters. The van der Waals surface area contributed by atoms with E-state index in [9.17, 15) is 4.57 Å². The predicted octanol–water partition coefficient (Wildman–Crippen LogP) is 6.27. The van der Waals surface area contributed by atoms with Crippen molar-refractivity contribution in [2.24, 2.45) is 0 Å². The Balaban J connectivity index is 0.00000841. The molecule has 0 spiro atoms. The van der Waals surface area contributed by atoms with Gasteiger partial charge in [0.15, 0.2) is 0 Å². The van der Waals surface area contributed by atoms with Crippen molar-refractivity contribution >= 4 is 59.2 Å². The van der Waals surface area contributed by atoms with Gasteiger partial charge in [0.2, 0.25) is 6.29 Å². The molecule has 0 aliphatic rings. The third kappa shape index (κ3) is 19.4. The van der Waals surface area contributed by atoms with Gasteiger partial charge in [0.25, 0.3) is 0 Å². The Labute approximate surface area is 225 Å². The Bertz CT molecular complexity index is 540. The molecule has 0 heterocycles. The first-order valence-corrected chi connectivity index (χ1v) is 12.7. The van der Waals surface area contributed by atoms with Crippen LogP contribution in [-0.2, 0) is 14.1 Å². The van der Waals surface area contributed by atoms with Crippen LogP contribution in [0.1, 0.15) is 96.8 Å². The molecule has 0 aliphatic carbocycles. The fraction of sp³-hybridized carbons (Fsp3) is 0.727. The molecule has 2 N–H and O–H groups in total. The average Bonchev–Trinajstić information content (AvgIpc) is 2.69. The number of ether oxygens (including phenoxy) is 1. The maximum atomic E-state index is 10.9. The molecule has 8 heteroatoms. The summed E-state index contributed by atoms with van der Waals surface area (Å²) in [6, 6.07) is 9.03. The summed E-state index contributed by atoms with van der Waals surface area (Å²) in [5.74, 6) is 0.571. The van der Waals surface area contributed by atoms with Crippen molar-refractivity contribution in [3.63, 3.8) is 0 Å². The van der Waals surface area contributed by atoms with E-state index < -0.39 is 14.1 Å². The summed E-state index contributed by atoms with van der Waals surface area (Å²) in [6.07, 6.45) is 16.0. The van der Waals surface area contributed by atoms with Gasteiger partial charge in [0, 0.05) is 6.42 Å².